The molecule has 5 nitrogen and oxygen atoms in total. The van der Waals surface area contributed by atoms with Crippen LogP contribution in [0.25, 0.3) is 0 Å². The Morgan fingerprint density at radius 1 is 1.00 bits per heavy atom. The highest BCUT2D eigenvalue weighted by molar-refractivity contribution is 7.89. The molecule has 23 heavy (non-hydrogen) atoms. The first-order valence-electron chi connectivity index (χ1n) is 7.37. The second kappa shape index (κ2) is 6.14. The number of rotatable bonds is 6. The van der Waals surface area contributed by atoms with Crippen molar-refractivity contribution in [2.45, 2.75) is 29.8 Å². The standard InChI is InChI=1S/C17H17NO4S/c19-17(20)16-15(12-11-13-7-3-1-4-8-13)18(16)23(21,22)14-9-5-2-6-10-14/h1-10,15-16H,11-12H2,(H,19,20)/t15?,16-,18?/m0/s1. The fraction of sp³-hybridized carbons (Fsp3) is 0.235. The van der Waals surface area contributed by atoms with Gasteiger partial charge in [0.05, 0.1) is 10.9 Å². The van der Waals surface area contributed by atoms with Gasteiger partial charge >= 0.3 is 5.97 Å². The van der Waals surface area contributed by atoms with Crippen LogP contribution in [0.2, 0.25) is 0 Å². The molecule has 1 saturated heterocycles. The smallest absolute Gasteiger partial charge is 0.323 e. The molecule has 1 fully saturated rings. The Morgan fingerprint density at radius 3 is 2.13 bits per heavy atom. The summed E-state index contributed by atoms with van der Waals surface area (Å²) in [5, 5.41) is 9.30. The average Bonchev–Trinajstić information content (AvgIpc) is 3.30. The van der Waals surface area contributed by atoms with Crippen molar-refractivity contribution in [2.24, 2.45) is 0 Å². The maximum Gasteiger partial charge on any atom is 0.323 e. The number of carboxylic acids is 1. The average molecular weight is 331 g/mol. The van der Waals surface area contributed by atoms with E-state index in [1.807, 2.05) is 30.3 Å². The maximum absolute atomic E-state index is 12.6. The summed E-state index contributed by atoms with van der Waals surface area (Å²) in [5.41, 5.74) is 1.07. The molecule has 0 aromatic heterocycles. The van der Waals surface area contributed by atoms with Crippen LogP contribution in [0, 0.1) is 0 Å². The first-order chi connectivity index (χ1) is 11.0. The number of hydrogen-bond donors (Lipinski definition) is 1. The number of hydrogen-bond acceptors (Lipinski definition) is 3. The number of sulfonamides is 1. The SMILES string of the molecule is O=C(O)[C@@H]1C(CCc2ccccc2)N1S(=O)(=O)c1ccccc1. The van der Waals surface area contributed by atoms with Crippen LogP contribution in [0.5, 0.6) is 0 Å². The third-order valence-electron chi connectivity index (χ3n) is 4.02. The van der Waals surface area contributed by atoms with Crippen molar-refractivity contribution < 1.29 is 18.3 Å². The zero-order valence-corrected chi connectivity index (χ0v) is 13.2. The zero-order chi connectivity index (χ0) is 16.4. The van der Waals surface area contributed by atoms with Gasteiger partial charge in [0, 0.05) is 0 Å². The van der Waals surface area contributed by atoms with E-state index in [1.54, 1.807) is 18.2 Å². The zero-order valence-electron chi connectivity index (χ0n) is 12.4. The maximum atomic E-state index is 12.6. The molecule has 120 valence electrons. The Balaban J connectivity index is 1.77. The van der Waals surface area contributed by atoms with Crippen LogP contribution in [0.3, 0.4) is 0 Å². The second-order valence-electron chi connectivity index (χ2n) is 5.52. The van der Waals surface area contributed by atoms with Gasteiger partial charge in [-0.25, -0.2) is 8.42 Å². The number of aliphatic carboxylic acids is 1. The van der Waals surface area contributed by atoms with Gasteiger partial charge < -0.3 is 5.11 Å². The molecule has 1 aliphatic heterocycles. The molecule has 2 unspecified atom stereocenters. The third kappa shape index (κ3) is 3.13. The van der Waals surface area contributed by atoms with Gasteiger partial charge in [-0.3, -0.25) is 4.79 Å². The third-order valence-corrected chi connectivity index (χ3v) is 5.94. The molecule has 1 N–H and O–H groups in total. The van der Waals surface area contributed by atoms with E-state index >= 15 is 0 Å². The van der Waals surface area contributed by atoms with E-state index in [0.29, 0.717) is 12.8 Å². The van der Waals surface area contributed by atoms with Crippen LogP contribution in [-0.2, 0) is 21.2 Å². The molecule has 0 radical (unpaired) electrons. The molecule has 2 aromatic rings. The van der Waals surface area contributed by atoms with E-state index in [-0.39, 0.29) is 4.90 Å². The number of nitrogens with zero attached hydrogens (tertiary/aromatic N) is 1. The van der Waals surface area contributed by atoms with E-state index in [4.69, 9.17) is 0 Å². The number of benzene rings is 2. The van der Waals surface area contributed by atoms with Crippen LogP contribution < -0.4 is 0 Å². The van der Waals surface area contributed by atoms with Gasteiger partial charge in [-0.15, -0.1) is 0 Å². The summed E-state index contributed by atoms with van der Waals surface area (Å²) in [6, 6.07) is 16.1. The Hall–Kier alpha value is -2.18. The van der Waals surface area contributed by atoms with Crippen LogP contribution >= 0.6 is 0 Å². The van der Waals surface area contributed by atoms with Crippen molar-refractivity contribution in [3.63, 3.8) is 0 Å². The van der Waals surface area contributed by atoms with Crippen molar-refractivity contribution in [1.82, 2.24) is 4.31 Å². The predicted molar refractivity (Wildman–Crippen MR) is 85.4 cm³/mol. The van der Waals surface area contributed by atoms with Crippen molar-refractivity contribution in [3.05, 3.63) is 66.2 Å². The highest BCUT2D eigenvalue weighted by Gasteiger charge is 2.59. The molecule has 0 saturated carbocycles. The Labute approximate surface area is 135 Å². The normalized spacial score (nSPS) is 23.4. The van der Waals surface area contributed by atoms with Gasteiger partial charge in [-0.05, 0) is 30.5 Å². The van der Waals surface area contributed by atoms with E-state index in [2.05, 4.69) is 0 Å². The van der Waals surface area contributed by atoms with Crippen LogP contribution in [0.15, 0.2) is 65.6 Å². The highest BCUT2D eigenvalue weighted by atomic mass is 32.2. The van der Waals surface area contributed by atoms with Crippen LogP contribution in [0.1, 0.15) is 12.0 Å². The lowest BCUT2D eigenvalue weighted by Crippen LogP contribution is -2.19. The predicted octanol–water partition coefficient (Wildman–Crippen LogP) is 2.15. The second-order valence-corrected chi connectivity index (χ2v) is 7.37. The monoisotopic (exact) mass is 331 g/mol. The number of carbonyl (C=O) groups is 1. The fourth-order valence-electron chi connectivity index (χ4n) is 2.82. The molecule has 1 aliphatic rings. The Bertz CT molecular complexity index is 790. The highest BCUT2D eigenvalue weighted by Crippen LogP contribution is 2.38. The van der Waals surface area contributed by atoms with E-state index in [9.17, 15) is 18.3 Å². The Morgan fingerprint density at radius 2 is 1.57 bits per heavy atom. The summed E-state index contributed by atoms with van der Waals surface area (Å²) in [7, 11) is -3.76. The van der Waals surface area contributed by atoms with Crippen molar-refractivity contribution in [1.29, 1.82) is 0 Å². The summed E-state index contributed by atoms with van der Waals surface area (Å²) >= 11 is 0. The first-order valence-corrected chi connectivity index (χ1v) is 8.81. The Kier molecular flexibility index (Phi) is 4.19. The fourth-order valence-corrected chi connectivity index (χ4v) is 4.61. The number of carboxylic acid groups (broad SMARTS) is 1. The van der Waals surface area contributed by atoms with Gasteiger partial charge in [0.2, 0.25) is 10.0 Å². The molecule has 6 heteroatoms. The van der Waals surface area contributed by atoms with Gasteiger partial charge in [0.15, 0.2) is 0 Å². The van der Waals surface area contributed by atoms with Crippen molar-refractivity contribution >= 4 is 16.0 Å². The van der Waals surface area contributed by atoms with E-state index in [0.717, 1.165) is 9.87 Å². The van der Waals surface area contributed by atoms with E-state index < -0.39 is 28.1 Å². The first kappa shape index (κ1) is 15.7. The molecule has 1 heterocycles. The summed E-state index contributed by atoms with van der Waals surface area (Å²) in [6.45, 7) is 0. The lowest BCUT2D eigenvalue weighted by atomic mass is 10.1. The topological polar surface area (TPSA) is 74.4 Å². The van der Waals surface area contributed by atoms with Crippen LogP contribution in [0.4, 0.5) is 0 Å². The lowest BCUT2D eigenvalue weighted by Gasteiger charge is -2.06. The minimum atomic E-state index is -3.76. The van der Waals surface area contributed by atoms with Gasteiger partial charge in [-0.1, -0.05) is 48.5 Å². The minimum Gasteiger partial charge on any atom is -0.480 e. The van der Waals surface area contributed by atoms with Crippen molar-refractivity contribution in [3.8, 4) is 0 Å². The van der Waals surface area contributed by atoms with Gasteiger partial charge in [-0.2, -0.15) is 4.31 Å². The van der Waals surface area contributed by atoms with E-state index in [1.165, 1.54) is 12.1 Å². The molecule has 0 amide bonds. The largest absolute Gasteiger partial charge is 0.480 e. The van der Waals surface area contributed by atoms with Gasteiger partial charge in [0.25, 0.3) is 0 Å². The molecule has 0 spiro atoms. The quantitative estimate of drug-likeness (QED) is 0.823. The summed E-state index contributed by atoms with van der Waals surface area (Å²) in [4.78, 5) is 11.5. The van der Waals surface area contributed by atoms with Crippen LogP contribution in [-0.4, -0.2) is 35.9 Å². The summed E-state index contributed by atoms with van der Waals surface area (Å²) in [5.74, 6) is -1.09. The summed E-state index contributed by atoms with van der Waals surface area (Å²) < 4.78 is 26.3. The molecule has 3 rings (SSSR count). The minimum absolute atomic E-state index is 0.133. The molecular weight excluding hydrogens is 314 g/mol. The molecule has 0 bridgehead atoms. The lowest BCUT2D eigenvalue weighted by molar-refractivity contribution is -0.137. The number of aryl methyl sites for hydroxylation is 1. The molecule has 0 aliphatic carbocycles. The van der Waals surface area contributed by atoms with Gasteiger partial charge in [0.1, 0.15) is 6.04 Å². The van der Waals surface area contributed by atoms with Crippen molar-refractivity contribution in [2.75, 3.05) is 0 Å². The molecule has 2 aromatic carbocycles. The molecular formula is C17H17NO4S. The summed E-state index contributed by atoms with van der Waals surface area (Å²) in [6.07, 6.45) is 1.14. The molecule has 3 atom stereocenters.